The molecule has 0 aliphatic carbocycles. The van der Waals surface area contributed by atoms with Gasteiger partial charge in [0.05, 0.1) is 11.5 Å². The number of fused-ring (bicyclic) bond motifs is 1. The quantitative estimate of drug-likeness (QED) is 0.225. The molecule has 0 spiro atoms. The van der Waals surface area contributed by atoms with Crippen molar-refractivity contribution in [3.8, 4) is 0 Å². The van der Waals surface area contributed by atoms with Crippen molar-refractivity contribution >= 4 is 63.1 Å². The average Bonchev–Trinajstić information content (AvgIpc) is 3.19. The van der Waals surface area contributed by atoms with Crippen molar-refractivity contribution in [2.45, 2.75) is 35.0 Å². The second kappa shape index (κ2) is 10.9. The van der Waals surface area contributed by atoms with Crippen LogP contribution in [0, 0.1) is 0 Å². The van der Waals surface area contributed by atoms with Gasteiger partial charge in [-0.3, -0.25) is 14.5 Å². The highest BCUT2D eigenvalue weighted by Gasteiger charge is 2.54. The summed E-state index contributed by atoms with van der Waals surface area (Å²) in [4.78, 5) is 37.2. The van der Waals surface area contributed by atoms with Gasteiger partial charge in [0, 0.05) is 18.1 Å². The number of halogens is 3. The third-order valence-electron chi connectivity index (χ3n) is 4.61. The molecule has 1 aromatic rings. The van der Waals surface area contributed by atoms with Crippen molar-refractivity contribution in [1.29, 1.82) is 0 Å². The van der Waals surface area contributed by atoms with Crippen LogP contribution in [0.25, 0.3) is 0 Å². The molecule has 194 valence electrons. The highest BCUT2D eigenvalue weighted by molar-refractivity contribution is 8.01. The number of aryl methyl sites for hydroxylation is 1. The molecule has 13 nitrogen and oxygen atoms in total. The predicted octanol–water partition coefficient (Wildman–Crippen LogP) is -0.565. The van der Waals surface area contributed by atoms with Crippen LogP contribution in [-0.2, 0) is 31.0 Å². The molecule has 2 aliphatic rings. The van der Waals surface area contributed by atoms with Crippen molar-refractivity contribution in [3.05, 3.63) is 11.3 Å². The van der Waals surface area contributed by atoms with Crippen LogP contribution >= 0.6 is 35.3 Å². The highest BCUT2D eigenvalue weighted by atomic mass is 32.2. The van der Waals surface area contributed by atoms with Crippen LogP contribution in [0.2, 0.25) is 0 Å². The van der Waals surface area contributed by atoms with Gasteiger partial charge >= 0.3 is 11.5 Å². The molecule has 35 heavy (non-hydrogen) atoms. The molecule has 3 heterocycles. The van der Waals surface area contributed by atoms with E-state index in [4.69, 9.17) is 5.14 Å². The molecule has 0 bridgehead atoms. The first kappa shape index (κ1) is 27.6. The summed E-state index contributed by atoms with van der Waals surface area (Å²) in [6.45, 7) is 0.159. The first-order chi connectivity index (χ1) is 16.3. The number of rotatable bonds is 11. The number of primary sulfonamides is 1. The smallest absolute Gasteiger partial charge is 0.442 e. The lowest BCUT2D eigenvalue weighted by atomic mass is 10.0. The number of nitrogens with zero attached hydrogens (tertiary/aromatic N) is 5. The summed E-state index contributed by atoms with van der Waals surface area (Å²) in [5.74, 6) is -4.00. The fraction of sp³-hybridized carbons (Fsp3) is 0.600. The van der Waals surface area contributed by atoms with Gasteiger partial charge in [-0.1, -0.05) is 11.8 Å². The number of amides is 2. The van der Waals surface area contributed by atoms with Gasteiger partial charge in [-0.05, 0) is 34.2 Å². The van der Waals surface area contributed by atoms with E-state index in [1.54, 1.807) is 0 Å². The van der Waals surface area contributed by atoms with Crippen molar-refractivity contribution in [2.24, 2.45) is 5.14 Å². The normalized spacial score (nSPS) is 20.5. The summed E-state index contributed by atoms with van der Waals surface area (Å²) in [6, 6.07) is -1.13. The number of thioether (sulfide) groups is 3. The monoisotopic (exact) mass is 577 g/mol. The molecular weight excluding hydrogens is 559 g/mol. The Hall–Kier alpha value is -2.03. The number of β-lactam (4-membered cyclic amide) rings is 1. The lowest BCUT2D eigenvalue weighted by Gasteiger charge is -2.49. The second-order valence-corrected chi connectivity index (χ2v) is 12.0. The average molecular weight is 578 g/mol. The molecule has 0 aromatic carbocycles. The molecule has 2 atom stereocenters. The zero-order valence-corrected chi connectivity index (χ0v) is 20.7. The standard InChI is InChI=1S/C15H18F3N7O6S4/c16-15(17,18)34-6-8(26)20-9-11(27)25-10(13(28)29)7(4-32-12(9)25)5-33-14-21-22-23-24(14)2-1-3-35(19,30)31/h9,12H,1-6H2,(H,20,26)(H,28,29)(H2,19,30,31)/t9?,12-/m1/s1. The van der Waals surface area contributed by atoms with E-state index in [1.807, 2.05) is 0 Å². The molecule has 1 saturated heterocycles. The Morgan fingerprint density at radius 1 is 1.34 bits per heavy atom. The van der Waals surface area contributed by atoms with Gasteiger partial charge in [0.2, 0.25) is 21.1 Å². The molecule has 2 amide bonds. The summed E-state index contributed by atoms with van der Waals surface area (Å²) in [6.07, 6.45) is 0.162. The Balaban J connectivity index is 1.63. The van der Waals surface area contributed by atoms with Crippen LogP contribution < -0.4 is 10.5 Å². The molecule has 0 saturated carbocycles. The Kier molecular flexibility index (Phi) is 8.60. The SMILES string of the molecule is NS(=O)(=O)CCCn1nnnc1SCC1=C(C(=O)O)N2C(=O)C(NC(=O)CSC(F)(F)F)[C@H]2SC1. The van der Waals surface area contributed by atoms with Gasteiger partial charge in [-0.15, -0.1) is 16.9 Å². The first-order valence-corrected chi connectivity index (χ1v) is 14.3. The number of hydrogen-bond acceptors (Lipinski definition) is 11. The zero-order chi connectivity index (χ0) is 26.0. The topological polar surface area (TPSA) is 190 Å². The maximum Gasteiger partial charge on any atom is 0.442 e. The third-order valence-corrected chi connectivity index (χ3v) is 8.58. The Bertz CT molecular complexity index is 1140. The summed E-state index contributed by atoms with van der Waals surface area (Å²) in [7, 11) is -3.65. The largest absolute Gasteiger partial charge is 0.477 e. The minimum Gasteiger partial charge on any atom is -0.477 e. The maximum atomic E-state index is 12.5. The number of sulfonamides is 1. The molecular formula is C15H18F3N7O6S4. The van der Waals surface area contributed by atoms with Crippen LogP contribution in [-0.4, -0.2) is 96.4 Å². The Morgan fingerprint density at radius 2 is 2.06 bits per heavy atom. The number of carboxylic acids is 1. The molecule has 3 rings (SSSR count). The summed E-state index contributed by atoms with van der Waals surface area (Å²) < 4.78 is 60.3. The van der Waals surface area contributed by atoms with Crippen LogP contribution in [0.15, 0.2) is 16.4 Å². The van der Waals surface area contributed by atoms with Gasteiger partial charge in [0.15, 0.2) is 0 Å². The highest BCUT2D eigenvalue weighted by Crippen LogP contribution is 2.41. The van der Waals surface area contributed by atoms with Crippen LogP contribution in [0.5, 0.6) is 0 Å². The van der Waals surface area contributed by atoms with Gasteiger partial charge < -0.3 is 10.4 Å². The molecule has 0 radical (unpaired) electrons. The summed E-state index contributed by atoms with van der Waals surface area (Å²) >= 11 is 1.71. The lowest BCUT2D eigenvalue weighted by Crippen LogP contribution is -2.70. The molecule has 1 unspecified atom stereocenters. The van der Waals surface area contributed by atoms with Crippen LogP contribution in [0.3, 0.4) is 0 Å². The minimum absolute atomic E-state index is 0.0972. The van der Waals surface area contributed by atoms with E-state index < -0.39 is 62.2 Å². The fourth-order valence-electron chi connectivity index (χ4n) is 3.16. The maximum absolute atomic E-state index is 12.5. The number of carbonyl (C=O) groups excluding carboxylic acids is 2. The van der Waals surface area contributed by atoms with E-state index in [1.165, 1.54) is 16.4 Å². The molecule has 1 fully saturated rings. The number of alkyl halides is 3. The predicted molar refractivity (Wildman–Crippen MR) is 119 cm³/mol. The summed E-state index contributed by atoms with van der Waals surface area (Å²) in [5.41, 5.74) is -4.48. The second-order valence-electron chi connectivity index (χ2n) is 7.14. The van der Waals surface area contributed by atoms with E-state index in [2.05, 4.69) is 20.8 Å². The van der Waals surface area contributed by atoms with Crippen LogP contribution in [0.1, 0.15) is 6.42 Å². The number of aromatic nitrogens is 4. The number of aliphatic carboxylic acids is 1. The molecule has 1 aromatic heterocycles. The fourth-order valence-corrected chi connectivity index (χ4v) is 6.46. The Morgan fingerprint density at radius 3 is 2.69 bits per heavy atom. The van der Waals surface area contributed by atoms with Crippen LogP contribution in [0.4, 0.5) is 13.2 Å². The lowest BCUT2D eigenvalue weighted by molar-refractivity contribution is -0.150. The van der Waals surface area contributed by atoms with E-state index in [-0.39, 0.29) is 35.9 Å². The van der Waals surface area contributed by atoms with Crippen molar-refractivity contribution in [2.75, 3.05) is 23.0 Å². The molecule has 20 heteroatoms. The summed E-state index contributed by atoms with van der Waals surface area (Å²) in [5, 5.41) is 27.5. The van der Waals surface area contributed by atoms with E-state index in [9.17, 15) is 41.1 Å². The number of hydrogen-bond donors (Lipinski definition) is 3. The molecule has 4 N–H and O–H groups in total. The van der Waals surface area contributed by atoms with E-state index in [0.29, 0.717) is 10.7 Å². The third kappa shape index (κ3) is 7.24. The van der Waals surface area contributed by atoms with Gasteiger partial charge in [0.25, 0.3) is 5.91 Å². The zero-order valence-electron chi connectivity index (χ0n) is 17.5. The van der Waals surface area contributed by atoms with E-state index in [0.717, 1.165) is 16.7 Å². The number of nitrogens with one attached hydrogen (secondary N) is 1. The van der Waals surface area contributed by atoms with Crippen molar-refractivity contribution in [3.63, 3.8) is 0 Å². The van der Waals surface area contributed by atoms with E-state index >= 15 is 0 Å². The number of nitrogens with two attached hydrogens (primary N) is 1. The Labute approximate surface area is 208 Å². The van der Waals surface area contributed by atoms with Gasteiger partial charge in [-0.25, -0.2) is 23.0 Å². The van der Waals surface area contributed by atoms with Crippen molar-refractivity contribution in [1.82, 2.24) is 30.4 Å². The molecule has 2 aliphatic heterocycles. The van der Waals surface area contributed by atoms with Crippen molar-refractivity contribution < 1.29 is 41.1 Å². The van der Waals surface area contributed by atoms with Gasteiger partial charge in [-0.2, -0.15) is 13.2 Å². The first-order valence-electron chi connectivity index (χ1n) is 9.56. The minimum atomic E-state index is -4.60. The van der Waals surface area contributed by atoms with Gasteiger partial charge in [0.1, 0.15) is 17.1 Å². The number of tetrazole rings is 1. The number of carbonyl (C=O) groups is 3. The number of carboxylic acid groups (broad SMARTS) is 1.